The number of hydrogen-bond acceptors (Lipinski definition) is 3. The van der Waals surface area contributed by atoms with Crippen LogP contribution in [0.5, 0.6) is 0 Å². The van der Waals surface area contributed by atoms with Crippen LogP contribution in [0.2, 0.25) is 0 Å². The highest BCUT2D eigenvalue weighted by atomic mass is 16.1. The molecule has 0 fully saturated rings. The van der Waals surface area contributed by atoms with Crippen molar-refractivity contribution in [1.82, 2.24) is 10.2 Å². The first-order chi connectivity index (χ1) is 8.92. The quantitative estimate of drug-likeness (QED) is 0.661. The third kappa shape index (κ3) is 7.98. The van der Waals surface area contributed by atoms with E-state index in [4.69, 9.17) is 0 Å². The lowest BCUT2D eigenvalue weighted by Crippen LogP contribution is -2.34. The standard InChI is InChI=1S/C15H30N2O2/c1-6-8-14(12(3)18)13(7-2)11-15(19)16-9-10-17(4)5/h13-14H,6-11H2,1-5H3,(H,16,19)/t13-,14+/m1/s1. The number of nitrogens with zero attached hydrogens (tertiary/aromatic N) is 1. The zero-order valence-corrected chi connectivity index (χ0v) is 13.2. The Morgan fingerprint density at radius 1 is 1.21 bits per heavy atom. The van der Waals surface area contributed by atoms with Crippen molar-refractivity contribution in [3.63, 3.8) is 0 Å². The van der Waals surface area contributed by atoms with Crippen molar-refractivity contribution in [2.24, 2.45) is 11.8 Å². The van der Waals surface area contributed by atoms with Crippen molar-refractivity contribution >= 4 is 11.7 Å². The molecule has 0 saturated carbocycles. The first kappa shape index (κ1) is 18.1. The van der Waals surface area contributed by atoms with Gasteiger partial charge in [-0.3, -0.25) is 9.59 Å². The maximum absolute atomic E-state index is 11.9. The summed E-state index contributed by atoms with van der Waals surface area (Å²) in [5.41, 5.74) is 0. The van der Waals surface area contributed by atoms with Crippen molar-refractivity contribution in [2.45, 2.75) is 46.5 Å². The molecule has 4 nitrogen and oxygen atoms in total. The molecule has 0 bridgehead atoms. The molecule has 1 N–H and O–H groups in total. The van der Waals surface area contributed by atoms with Gasteiger partial charge in [-0.15, -0.1) is 0 Å². The minimum atomic E-state index is 0.0367. The van der Waals surface area contributed by atoms with Crippen LogP contribution in [-0.2, 0) is 9.59 Å². The lowest BCUT2D eigenvalue weighted by Gasteiger charge is -2.23. The zero-order chi connectivity index (χ0) is 14.8. The van der Waals surface area contributed by atoms with E-state index < -0.39 is 0 Å². The first-order valence-electron chi connectivity index (χ1n) is 7.34. The predicted molar refractivity (Wildman–Crippen MR) is 79.0 cm³/mol. The van der Waals surface area contributed by atoms with Gasteiger partial charge in [0, 0.05) is 25.4 Å². The summed E-state index contributed by atoms with van der Waals surface area (Å²) >= 11 is 0. The second-order valence-corrected chi connectivity index (χ2v) is 5.53. The van der Waals surface area contributed by atoms with Crippen molar-refractivity contribution in [2.75, 3.05) is 27.2 Å². The van der Waals surface area contributed by atoms with Crippen LogP contribution in [0.1, 0.15) is 46.5 Å². The molecule has 112 valence electrons. The molecule has 0 aliphatic rings. The van der Waals surface area contributed by atoms with Gasteiger partial charge in [0.25, 0.3) is 0 Å². The summed E-state index contributed by atoms with van der Waals surface area (Å²) in [5, 5.41) is 2.92. The molecule has 0 radical (unpaired) electrons. The van der Waals surface area contributed by atoms with Crippen molar-refractivity contribution in [1.29, 1.82) is 0 Å². The molecule has 0 rings (SSSR count). The van der Waals surface area contributed by atoms with Crippen LogP contribution in [0.4, 0.5) is 0 Å². The van der Waals surface area contributed by atoms with Gasteiger partial charge in [-0.2, -0.15) is 0 Å². The van der Waals surface area contributed by atoms with Crippen LogP contribution in [0.25, 0.3) is 0 Å². The Bertz CT molecular complexity index is 277. The number of rotatable bonds is 10. The molecule has 0 heterocycles. The molecule has 0 aliphatic heterocycles. The smallest absolute Gasteiger partial charge is 0.220 e. The second-order valence-electron chi connectivity index (χ2n) is 5.53. The topological polar surface area (TPSA) is 49.4 Å². The van der Waals surface area contributed by atoms with E-state index in [1.54, 1.807) is 6.92 Å². The van der Waals surface area contributed by atoms with Gasteiger partial charge in [-0.05, 0) is 33.4 Å². The molecule has 0 aromatic heterocycles. The van der Waals surface area contributed by atoms with Gasteiger partial charge in [0.2, 0.25) is 5.91 Å². The highest BCUT2D eigenvalue weighted by Gasteiger charge is 2.25. The predicted octanol–water partition coefficient (Wildman–Crippen LogP) is 2.09. The number of carbonyl (C=O) groups excluding carboxylic acids is 2. The Labute approximate surface area is 117 Å². The summed E-state index contributed by atoms with van der Waals surface area (Å²) in [6.45, 7) is 7.30. The molecule has 1 amide bonds. The highest BCUT2D eigenvalue weighted by molar-refractivity contribution is 5.81. The minimum Gasteiger partial charge on any atom is -0.355 e. The molecular weight excluding hydrogens is 240 g/mol. The van der Waals surface area contributed by atoms with E-state index in [1.165, 1.54) is 0 Å². The summed E-state index contributed by atoms with van der Waals surface area (Å²) in [6.07, 6.45) is 3.22. The van der Waals surface area contributed by atoms with Crippen molar-refractivity contribution in [3.8, 4) is 0 Å². The molecule has 2 atom stereocenters. The number of carbonyl (C=O) groups is 2. The van der Waals surface area contributed by atoms with E-state index >= 15 is 0 Å². The lowest BCUT2D eigenvalue weighted by molar-refractivity contribution is -0.125. The normalized spacial score (nSPS) is 14.2. The Balaban J connectivity index is 4.28. The molecule has 19 heavy (non-hydrogen) atoms. The van der Waals surface area contributed by atoms with E-state index in [9.17, 15) is 9.59 Å². The molecule has 0 saturated heterocycles. The molecule has 0 spiro atoms. The van der Waals surface area contributed by atoms with Crippen LogP contribution in [0.3, 0.4) is 0 Å². The largest absolute Gasteiger partial charge is 0.355 e. The molecule has 0 unspecified atom stereocenters. The van der Waals surface area contributed by atoms with E-state index in [0.29, 0.717) is 13.0 Å². The summed E-state index contributed by atoms with van der Waals surface area (Å²) in [6, 6.07) is 0. The van der Waals surface area contributed by atoms with E-state index in [0.717, 1.165) is 25.8 Å². The fourth-order valence-electron chi connectivity index (χ4n) is 2.38. The average Bonchev–Trinajstić information content (AvgIpc) is 2.32. The second kappa shape index (κ2) is 9.96. The minimum absolute atomic E-state index is 0.0367. The zero-order valence-electron chi connectivity index (χ0n) is 13.2. The van der Waals surface area contributed by atoms with Crippen molar-refractivity contribution < 1.29 is 9.59 Å². The Kier molecular flexibility index (Phi) is 9.48. The summed E-state index contributed by atoms with van der Waals surface area (Å²) < 4.78 is 0. The summed E-state index contributed by atoms with van der Waals surface area (Å²) in [5.74, 6) is 0.497. The summed E-state index contributed by atoms with van der Waals surface area (Å²) in [7, 11) is 3.96. The number of amides is 1. The van der Waals surface area contributed by atoms with Gasteiger partial charge in [0.1, 0.15) is 5.78 Å². The molecule has 0 aromatic rings. The third-order valence-corrected chi connectivity index (χ3v) is 3.54. The van der Waals surface area contributed by atoms with Crippen LogP contribution in [0, 0.1) is 11.8 Å². The number of ketones is 1. The van der Waals surface area contributed by atoms with Gasteiger partial charge in [0.15, 0.2) is 0 Å². The van der Waals surface area contributed by atoms with Gasteiger partial charge >= 0.3 is 0 Å². The Hall–Kier alpha value is -0.900. The van der Waals surface area contributed by atoms with Crippen LogP contribution in [0.15, 0.2) is 0 Å². The monoisotopic (exact) mass is 270 g/mol. The molecule has 4 heteroatoms. The number of hydrogen-bond donors (Lipinski definition) is 1. The number of nitrogens with one attached hydrogen (secondary N) is 1. The van der Waals surface area contributed by atoms with Crippen LogP contribution >= 0.6 is 0 Å². The first-order valence-corrected chi connectivity index (χ1v) is 7.34. The molecule has 0 aliphatic carbocycles. The fourth-order valence-corrected chi connectivity index (χ4v) is 2.38. The SMILES string of the molecule is CCC[C@@H](C(C)=O)[C@H](CC)CC(=O)NCCN(C)C. The molecular formula is C15H30N2O2. The van der Waals surface area contributed by atoms with Crippen LogP contribution in [-0.4, -0.2) is 43.8 Å². The Morgan fingerprint density at radius 3 is 2.26 bits per heavy atom. The molecule has 0 aromatic carbocycles. The van der Waals surface area contributed by atoms with E-state index in [-0.39, 0.29) is 23.5 Å². The highest BCUT2D eigenvalue weighted by Crippen LogP contribution is 2.25. The van der Waals surface area contributed by atoms with E-state index in [2.05, 4.69) is 19.2 Å². The number of likely N-dealkylation sites (N-methyl/N-ethyl adjacent to an activating group) is 1. The van der Waals surface area contributed by atoms with Gasteiger partial charge in [-0.25, -0.2) is 0 Å². The maximum atomic E-state index is 11.9. The fraction of sp³-hybridized carbons (Fsp3) is 0.867. The summed E-state index contributed by atoms with van der Waals surface area (Å²) in [4.78, 5) is 25.6. The lowest BCUT2D eigenvalue weighted by atomic mass is 9.81. The third-order valence-electron chi connectivity index (χ3n) is 3.54. The van der Waals surface area contributed by atoms with Crippen molar-refractivity contribution in [3.05, 3.63) is 0 Å². The number of Topliss-reactive ketones (excluding diaryl/α,β-unsaturated/α-hetero) is 1. The van der Waals surface area contributed by atoms with Gasteiger partial charge in [-0.1, -0.05) is 26.7 Å². The van der Waals surface area contributed by atoms with E-state index in [1.807, 2.05) is 19.0 Å². The van der Waals surface area contributed by atoms with Gasteiger partial charge < -0.3 is 10.2 Å². The van der Waals surface area contributed by atoms with Gasteiger partial charge in [0.05, 0.1) is 0 Å². The average molecular weight is 270 g/mol. The Morgan fingerprint density at radius 2 is 1.84 bits per heavy atom. The maximum Gasteiger partial charge on any atom is 0.220 e. The van der Waals surface area contributed by atoms with Crippen LogP contribution < -0.4 is 5.32 Å².